The normalized spacial score (nSPS) is 11.1. The van der Waals surface area contributed by atoms with Gasteiger partial charge in [-0.25, -0.2) is 0 Å². The van der Waals surface area contributed by atoms with Gasteiger partial charge in [-0.3, -0.25) is 0 Å². The van der Waals surface area contributed by atoms with E-state index in [0.717, 1.165) is 13.1 Å². The van der Waals surface area contributed by atoms with Gasteiger partial charge in [-0.2, -0.15) is 0 Å². The van der Waals surface area contributed by atoms with Gasteiger partial charge in [0.2, 0.25) is 0 Å². The number of fused-ring (bicyclic) bond motifs is 1. The summed E-state index contributed by atoms with van der Waals surface area (Å²) in [5.41, 5.74) is 9.35. The zero-order valence-electron chi connectivity index (χ0n) is 9.01. The molecule has 0 aliphatic rings. The van der Waals surface area contributed by atoms with Gasteiger partial charge in [-0.15, -0.1) is 0 Å². The summed E-state index contributed by atoms with van der Waals surface area (Å²) >= 11 is 0. The predicted octanol–water partition coefficient (Wildman–Crippen LogP) is 1.74. The summed E-state index contributed by atoms with van der Waals surface area (Å²) < 4.78 is 0. The molecule has 1 aromatic carbocycles. The lowest BCUT2D eigenvalue weighted by Crippen LogP contribution is -2.11. The van der Waals surface area contributed by atoms with Crippen molar-refractivity contribution >= 4 is 10.9 Å². The Kier molecular flexibility index (Phi) is 3.04. The molecule has 0 atom stereocenters. The highest BCUT2D eigenvalue weighted by atomic mass is 14.8. The number of H-pyrrole nitrogens is 1. The van der Waals surface area contributed by atoms with Crippen LogP contribution in [0.4, 0.5) is 0 Å². The van der Waals surface area contributed by atoms with Crippen LogP contribution in [0.25, 0.3) is 10.9 Å². The third-order valence-corrected chi connectivity index (χ3v) is 2.67. The Morgan fingerprint density at radius 2 is 2.20 bits per heavy atom. The summed E-state index contributed by atoms with van der Waals surface area (Å²) in [6, 6.07) is 6.27. The molecule has 2 aromatic rings. The molecule has 0 spiro atoms. The lowest BCUT2D eigenvalue weighted by molar-refractivity contribution is 0.730. The van der Waals surface area contributed by atoms with Crippen molar-refractivity contribution in [2.75, 3.05) is 6.54 Å². The molecule has 1 heterocycles. The minimum atomic E-state index is 0.582. The SMILES string of the molecule is CCNCc1c[nH]c2c(CN)cccc12. The van der Waals surface area contributed by atoms with Crippen LogP contribution in [0.15, 0.2) is 24.4 Å². The second-order valence-corrected chi connectivity index (χ2v) is 3.64. The molecule has 0 amide bonds. The van der Waals surface area contributed by atoms with Crippen LogP contribution in [0.1, 0.15) is 18.1 Å². The first kappa shape index (κ1) is 10.2. The molecule has 80 valence electrons. The second-order valence-electron chi connectivity index (χ2n) is 3.64. The van der Waals surface area contributed by atoms with Crippen LogP contribution < -0.4 is 11.1 Å². The average Bonchev–Trinajstić information content (AvgIpc) is 2.69. The minimum absolute atomic E-state index is 0.582. The number of nitrogens with two attached hydrogens (primary N) is 1. The Hall–Kier alpha value is -1.32. The number of aromatic amines is 1. The van der Waals surface area contributed by atoms with Crippen molar-refractivity contribution in [3.63, 3.8) is 0 Å². The Labute approximate surface area is 89.7 Å². The highest BCUT2D eigenvalue weighted by Gasteiger charge is 2.05. The van der Waals surface area contributed by atoms with E-state index in [9.17, 15) is 0 Å². The van der Waals surface area contributed by atoms with E-state index in [0.29, 0.717) is 6.54 Å². The third-order valence-electron chi connectivity index (χ3n) is 2.67. The summed E-state index contributed by atoms with van der Waals surface area (Å²) in [6.07, 6.45) is 2.06. The largest absolute Gasteiger partial charge is 0.361 e. The quantitative estimate of drug-likeness (QED) is 0.709. The molecule has 0 bridgehead atoms. The van der Waals surface area contributed by atoms with Gasteiger partial charge in [0.15, 0.2) is 0 Å². The maximum absolute atomic E-state index is 5.69. The number of nitrogens with one attached hydrogen (secondary N) is 2. The predicted molar refractivity (Wildman–Crippen MR) is 63.6 cm³/mol. The van der Waals surface area contributed by atoms with Crippen LogP contribution in [-0.4, -0.2) is 11.5 Å². The molecule has 2 rings (SSSR count). The van der Waals surface area contributed by atoms with Crippen LogP contribution in [-0.2, 0) is 13.1 Å². The van der Waals surface area contributed by atoms with Crippen LogP contribution in [0, 0.1) is 0 Å². The molecule has 0 saturated heterocycles. The lowest BCUT2D eigenvalue weighted by atomic mass is 10.1. The molecule has 0 fully saturated rings. The molecule has 15 heavy (non-hydrogen) atoms. The number of rotatable bonds is 4. The smallest absolute Gasteiger partial charge is 0.0502 e. The Morgan fingerprint density at radius 3 is 2.93 bits per heavy atom. The third kappa shape index (κ3) is 1.89. The van der Waals surface area contributed by atoms with Crippen molar-refractivity contribution in [2.45, 2.75) is 20.0 Å². The fourth-order valence-electron chi connectivity index (χ4n) is 1.85. The number of hydrogen-bond acceptors (Lipinski definition) is 2. The topological polar surface area (TPSA) is 53.8 Å². The van der Waals surface area contributed by atoms with Gasteiger partial charge in [0.25, 0.3) is 0 Å². The Balaban J connectivity index is 2.42. The Bertz CT molecular complexity index is 445. The van der Waals surface area contributed by atoms with E-state index >= 15 is 0 Å². The molecule has 0 aliphatic carbocycles. The van der Waals surface area contributed by atoms with E-state index in [4.69, 9.17) is 5.73 Å². The van der Waals surface area contributed by atoms with Gasteiger partial charge in [0.1, 0.15) is 0 Å². The maximum atomic E-state index is 5.69. The summed E-state index contributed by atoms with van der Waals surface area (Å²) in [7, 11) is 0. The molecule has 3 heteroatoms. The number of aromatic nitrogens is 1. The number of benzene rings is 1. The highest BCUT2D eigenvalue weighted by molar-refractivity contribution is 5.86. The standard InChI is InChI=1S/C12H17N3/c1-2-14-7-10-8-15-12-9(6-13)4-3-5-11(10)12/h3-5,8,14-15H,2,6-7,13H2,1H3. The molecular formula is C12H17N3. The first-order valence-electron chi connectivity index (χ1n) is 5.35. The first-order valence-corrected chi connectivity index (χ1v) is 5.35. The highest BCUT2D eigenvalue weighted by Crippen LogP contribution is 2.21. The maximum Gasteiger partial charge on any atom is 0.0502 e. The second kappa shape index (κ2) is 4.47. The minimum Gasteiger partial charge on any atom is -0.361 e. The van der Waals surface area contributed by atoms with E-state index in [1.165, 1.54) is 22.0 Å². The van der Waals surface area contributed by atoms with Gasteiger partial charge >= 0.3 is 0 Å². The van der Waals surface area contributed by atoms with Crippen molar-refractivity contribution in [2.24, 2.45) is 5.73 Å². The van der Waals surface area contributed by atoms with Crippen molar-refractivity contribution in [3.05, 3.63) is 35.5 Å². The zero-order chi connectivity index (χ0) is 10.7. The van der Waals surface area contributed by atoms with E-state index in [1.54, 1.807) is 0 Å². The molecule has 0 saturated carbocycles. The van der Waals surface area contributed by atoms with Crippen molar-refractivity contribution < 1.29 is 0 Å². The van der Waals surface area contributed by atoms with Gasteiger partial charge in [-0.05, 0) is 17.7 Å². The summed E-state index contributed by atoms with van der Waals surface area (Å²) in [4.78, 5) is 3.30. The molecule has 4 N–H and O–H groups in total. The molecule has 3 nitrogen and oxygen atoms in total. The first-order chi connectivity index (χ1) is 7.36. The van der Waals surface area contributed by atoms with Crippen LogP contribution in [0.2, 0.25) is 0 Å². The fourth-order valence-corrected chi connectivity index (χ4v) is 1.85. The molecule has 0 unspecified atom stereocenters. The average molecular weight is 203 g/mol. The van der Waals surface area contributed by atoms with Crippen LogP contribution >= 0.6 is 0 Å². The molecule has 0 radical (unpaired) electrons. The lowest BCUT2D eigenvalue weighted by Gasteiger charge is -2.01. The van der Waals surface area contributed by atoms with E-state index < -0.39 is 0 Å². The van der Waals surface area contributed by atoms with E-state index in [-0.39, 0.29) is 0 Å². The van der Waals surface area contributed by atoms with Gasteiger partial charge in [0.05, 0.1) is 5.52 Å². The van der Waals surface area contributed by atoms with Gasteiger partial charge in [-0.1, -0.05) is 25.1 Å². The van der Waals surface area contributed by atoms with E-state index in [2.05, 4.69) is 41.6 Å². The van der Waals surface area contributed by atoms with E-state index in [1.807, 2.05) is 0 Å². The fraction of sp³-hybridized carbons (Fsp3) is 0.333. The summed E-state index contributed by atoms with van der Waals surface area (Å²) in [5.74, 6) is 0. The van der Waals surface area contributed by atoms with Gasteiger partial charge in [0, 0.05) is 24.7 Å². The molecular weight excluding hydrogens is 186 g/mol. The van der Waals surface area contributed by atoms with Crippen molar-refractivity contribution in [3.8, 4) is 0 Å². The molecule has 0 aliphatic heterocycles. The van der Waals surface area contributed by atoms with Crippen LogP contribution in [0.5, 0.6) is 0 Å². The Morgan fingerprint density at radius 1 is 1.33 bits per heavy atom. The van der Waals surface area contributed by atoms with Crippen molar-refractivity contribution in [1.29, 1.82) is 0 Å². The zero-order valence-corrected chi connectivity index (χ0v) is 9.01. The van der Waals surface area contributed by atoms with Gasteiger partial charge < -0.3 is 16.0 Å². The summed E-state index contributed by atoms with van der Waals surface area (Å²) in [5, 5.41) is 4.61. The van der Waals surface area contributed by atoms with Crippen molar-refractivity contribution in [1.82, 2.24) is 10.3 Å². The van der Waals surface area contributed by atoms with Crippen LogP contribution in [0.3, 0.4) is 0 Å². The number of hydrogen-bond donors (Lipinski definition) is 3. The monoisotopic (exact) mass is 203 g/mol. The summed E-state index contributed by atoms with van der Waals surface area (Å²) in [6.45, 7) is 4.59. The molecule has 1 aromatic heterocycles. The number of para-hydroxylation sites is 1.